The molecule has 3 N–H and O–H groups in total. The van der Waals surface area contributed by atoms with E-state index in [0.29, 0.717) is 18.0 Å². The molecule has 0 saturated carbocycles. The average molecular weight is 289 g/mol. The van der Waals surface area contributed by atoms with E-state index < -0.39 is 0 Å². The van der Waals surface area contributed by atoms with Gasteiger partial charge in [0.2, 0.25) is 5.95 Å². The van der Waals surface area contributed by atoms with Gasteiger partial charge in [0, 0.05) is 18.6 Å². The highest BCUT2D eigenvalue weighted by Crippen LogP contribution is 2.32. The van der Waals surface area contributed by atoms with Gasteiger partial charge >= 0.3 is 0 Å². The van der Waals surface area contributed by atoms with Gasteiger partial charge in [0.15, 0.2) is 0 Å². The van der Waals surface area contributed by atoms with Gasteiger partial charge in [-0.2, -0.15) is 4.98 Å². The molecule has 5 nitrogen and oxygen atoms in total. The summed E-state index contributed by atoms with van der Waals surface area (Å²) in [5, 5.41) is 6.79. The van der Waals surface area contributed by atoms with Crippen molar-refractivity contribution >= 4 is 33.3 Å². The Morgan fingerprint density at radius 1 is 1.25 bits per heavy atom. The molecule has 2 aliphatic rings. The van der Waals surface area contributed by atoms with Crippen LogP contribution >= 0.6 is 11.3 Å². The maximum atomic E-state index is 5.82. The number of piperidine rings is 1. The highest BCUT2D eigenvalue weighted by atomic mass is 32.1. The lowest BCUT2D eigenvalue weighted by Crippen LogP contribution is -2.41. The summed E-state index contributed by atoms with van der Waals surface area (Å²) >= 11 is 1.61. The predicted molar refractivity (Wildman–Crippen MR) is 83.1 cm³/mol. The second-order valence-corrected chi connectivity index (χ2v) is 6.60. The fourth-order valence-corrected chi connectivity index (χ4v) is 4.34. The van der Waals surface area contributed by atoms with Crippen LogP contribution in [0.2, 0.25) is 0 Å². The minimum absolute atomic E-state index is 0.362. The van der Waals surface area contributed by atoms with Crippen molar-refractivity contribution < 1.29 is 0 Å². The van der Waals surface area contributed by atoms with E-state index in [0.717, 1.165) is 16.0 Å². The first-order valence-electron chi connectivity index (χ1n) is 7.32. The van der Waals surface area contributed by atoms with Crippen LogP contribution in [-0.2, 0) is 0 Å². The second-order valence-electron chi connectivity index (χ2n) is 5.71. The Hall–Kier alpha value is -1.40. The molecule has 4 rings (SSSR count). The molecule has 0 aliphatic carbocycles. The summed E-state index contributed by atoms with van der Waals surface area (Å²) in [4.78, 5) is 12.3. The van der Waals surface area contributed by atoms with Gasteiger partial charge in [-0.15, -0.1) is 11.3 Å². The molecule has 0 radical (unpaired) electrons. The van der Waals surface area contributed by atoms with Crippen LogP contribution in [0.5, 0.6) is 0 Å². The molecule has 106 valence electrons. The Balaban J connectivity index is 1.62. The summed E-state index contributed by atoms with van der Waals surface area (Å²) in [6.07, 6.45) is 5.18. The zero-order valence-corrected chi connectivity index (χ0v) is 12.2. The molecule has 2 saturated heterocycles. The molecule has 2 aliphatic heterocycles. The molecule has 0 spiro atoms. The van der Waals surface area contributed by atoms with E-state index >= 15 is 0 Å². The first-order valence-corrected chi connectivity index (χ1v) is 8.20. The number of nitrogens with one attached hydrogen (secondary N) is 1. The number of anilines is 2. The summed E-state index contributed by atoms with van der Waals surface area (Å²) in [6, 6.07) is 3.23. The SMILES string of the molecule is Nc1nc(NC2CCN3CCCCC23)c2ccsc2n1. The van der Waals surface area contributed by atoms with E-state index in [1.54, 1.807) is 11.3 Å². The van der Waals surface area contributed by atoms with E-state index in [4.69, 9.17) is 5.73 Å². The lowest BCUT2D eigenvalue weighted by molar-refractivity contribution is 0.192. The summed E-state index contributed by atoms with van der Waals surface area (Å²) in [7, 11) is 0. The molecule has 2 aromatic rings. The van der Waals surface area contributed by atoms with Crippen molar-refractivity contribution in [1.29, 1.82) is 0 Å². The molecule has 0 amide bonds. The number of nitrogens with zero attached hydrogens (tertiary/aromatic N) is 3. The van der Waals surface area contributed by atoms with Crippen LogP contribution in [0.25, 0.3) is 10.2 Å². The monoisotopic (exact) mass is 289 g/mol. The number of hydrogen-bond acceptors (Lipinski definition) is 6. The lowest BCUT2D eigenvalue weighted by Gasteiger charge is -2.32. The van der Waals surface area contributed by atoms with Crippen LogP contribution in [0.3, 0.4) is 0 Å². The maximum Gasteiger partial charge on any atom is 0.223 e. The van der Waals surface area contributed by atoms with Crippen LogP contribution in [0.1, 0.15) is 25.7 Å². The van der Waals surface area contributed by atoms with Crippen molar-refractivity contribution in [3.05, 3.63) is 11.4 Å². The minimum Gasteiger partial charge on any atom is -0.368 e. The van der Waals surface area contributed by atoms with Crippen molar-refractivity contribution in [3.63, 3.8) is 0 Å². The lowest BCUT2D eigenvalue weighted by atomic mass is 9.99. The number of hydrogen-bond donors (Lipinski definition) is 2. The molecule has 2 unspecified atom stereocenters. The largest absolute Gasteiger partial charge is 0.368 e. The zero-order valence-electron chi connectivity index (χ0n) is 11.4. The number of fused-ring (bicyclic) bond motifs is 2. The van der Waals surface area contributed by atoms with Crippen LogP contribution < -0.4 is 11.1 Å². The van der Waals surface area contributed by atoms with Crippen LogP contribution in [0, 0.1) is 0 Å². The third-order valence-electron chi connectivity index (χ3n) is 4.52. The summed E-state index contributed by atoms with van der Waals surface area (Å²) in [5.74, 6) is 1.27. The second kappa shape index (κ2) is 4.86. The van der Waals surface area contributed by atoms with Crippen LogP contribution in [-0.4, -0.2) is 40.0 Å². The van der Waals surface area contributed by atoms with Crippen molar-refractivity contribution in [2.24, 2.45) is 0 Å². The van der Waals surface area contributed by atoms with Crippen molar-refractivity contribution in [1.82, 2.24) is 14.9 Å². The Morgan fingerprint density at radius 3 is 3.15 bits per heavy atom. The number of nitrogen functional groups attached to an aromatic ring is 1. The molecule has 4 heterocycles. The smallest absolute Gasteiger partial charge is 0.223 e. The molecular weight excluding hydrogens is 270 g/mol. The standard InChI is InChI=1S/C14H19N5S/c15-14-17-12(9-5-8-20-13(9)18-14)16-10-4-7-19-6-2-1-3-11(10)19/h5,8,10-11H,1-4,6-7H2,(H3,15,16,17,18). The third kappa shape index (κ3) is 2.03. The highest BCUT2D eigenvalue weighted by Gasteiger charge is 2.35. The number of rotatable bonds is 2. The van der Waals surface area contributed by atoms with Crippen LogP contribution in [0.15, 0.2) is 11.4 Å². The normalized spacial score (nSPS) is 26.8. The predicted octanol–water partition coefficient (Wildman–Crippen LogP) is 2.31. The van der Waals surface area contributed by atoms with Crippen LogP contribution in [0.4, 0.5) is 11.8 Å². The van der Waals surface area contributed by atoms with Crippen molar-refractivity contribution in [3.8, 4) is 0 Å². The summed E-state index contributed by atoms with van der Waals surface area (Å²) in [5.41, 5.74) is 5.82. The highest BCUT2D eigenvalue weighted by molar-refractivity contribution is 7.16. The molecule has 2 aromatic heterocycles. The first kappa shape index (κ1) is 12.3. The van der Waals surface area contributed by atoms with Crippen molar-refractivity contribution in [2.45, 2.75) is 37.8 Å². The summed E-state index contributed by atoms with van der Waals surface area (Å²) < 4.78 is 0. The Bertz CT molecular complexity index is 625. The molecular formula is C14H19N5S. The zero-order chi connectivity index (χ0) is 13.5. The van der Waals surface area contributed by atoms with Gasteiger partial charge in [0.05, 0.1) is 5.39 Å². The van der Waals surface area contributed by atoms with E-state index in [1.807, 2.05) is 5.38 Å². The van der Waals surface area contributed by atoms with E-state index in [-0.39, 0.29) is 0 Å². The third-order valence-corrected chi connectivity index (χ3v) is 5.33. The van der Waals surface area contributed by atoms with E-state index in [1.165, 1.54) is 38.8 Å². The fraction of sp³-hybridized carbons (Fsp3) is 0.571. The fourth-order valence-electron chi connectivity index (χ4n) is 3.57. The molecule has 2 atom stereocenters. The Morgan fingerprint density at radius 2 is 2.20 bits per heavy atom. The average Bonchev–Trinajstić information content (AvgIpc) is 3.06. The van der Waals surface area contributed by atoms with E-state index in [2.05, 4.69) is 26.3 Å². The maximum absolute atomic E-state index is 5.82. The van der Waals surface area contributed by atoms with Gasteiger partial charge in [-0.25, -0.2) is 4.98 Å². The number of aromatic nitrogens is 2. The Kier molecular flexibility index (Phi) is 3.00. The van der Waals surface area contributed by atoms with Gasteiger partial charge in [-0.1, -0.05) is 6.42 Å². The van der Waals surface area contributed by atoms with Gasteiger partial charge in [-0.3, -0.25) is 4.90 Å². The van der Waals surface area contributed by atoms with Gasteiger partial charge in [0.1, 0.15) is 10.6 Å². The quantitative estimate of drug-likeness (QED) is 0.888. The van der Waals surface area contributed by atoms with Gasteiger partial charge < -0.3 is 11.1 Å². The summed E-state index contributed by atoms with van der Waals surface area (Å²) in [6.45, 7) is 2.46. The van der Waals surface area contributed by atoms with Crippen molar-refractivity contribution in [2.75, 3.05) is 24.1 Å². The van der Waals surface area contributed by atoms with Gasteiger partial charge in [0.25, 0.3) is 0 Å². The number of thiophene rings is 1. The topological polar surface area (TPSA) is 67.1 Å². The minimum atomic E-state index is 0.362. The first-order chi connectivity index (χ1) is 9.81. The molecule has 2 fully saturated rings. The van der Waals surface area contributed by atoms with E-state index in [9.17, 15) is 0 Å². The molecule has 0 aromatic carbocycles. The molecule has 6 heteroatoms. The molecule has 0 bridgehead atoms. The Labute approximate surface area is 122 Å². The molecule has 20 heavy (non-hydrogen) atoms. The number of nitrogens with two attached hydrogens (primary N) is 1. The van der Waals surface area contributed by atoms with Gasteiger partial charge in [-0.05, 0) is 37.3 Å².